The Kier molecular flexibility index (Phi) is 60.4. The molecule has 0 aliphatic rings. The van der Waals surface area contributed by atoms with Crippen LogP contribution in [-0.2, 0) is 28.6 Å². The lowest BCUT2D eigenvalue weighted by atomic mass is 10.1. The SMILES string of the molecule is CC/C=C\C/C=C\C/C=C\C/C=C\C/C=C\C/C=C\CCCCCCCCCCCCC(=O)OCC(COC(=O)CCCCCCC/C=C\C/C=C\CCCC)OC(=O)CCC/C=C\C/C=C\C/C=C\C/C=C\C/C=C\CC. The molecule has 0 saturated carbocycles. The highest BCUT2D eigenvalue weighted by Gasteiger charge is 2.19. The third kappa shape index (κ3) is 61.9. The van der Waals surface area contributed by atoms with E-state index in [9.17, 15) is 14.4 Å². The lowest BCUT2D eigenvalue weighted by Crippen LogP contribution is -2.30. The van der Waals surface area contributed by atoms with E-state index in [0.29, 0.717) is 19.3 Å². The molecule has 0 aliphatic heterocycles. The van der Waals surface area contributed by atoms with Crippen LogP contribution in [0.2, 0.25) is 0 Å². The number of carbonyl (C=O) groups is 3. The van der Waals surface area contributed by atoms with Crippen LogP contribution in [0.4, 0.5) is 0 Å². The van der Waals surface area contributed by atoms with Crippen LogP contribution < -0.4 is 0 Å². The van der Waals surface area contributed by atoms with E-state index >= 15 is 0 Å². The van der Waals surface area contributed by atoms with Crippen LogP contribution in [-0.4, -0.2) is 37.2 Å². The van der Waals surface area contributed by atoms with Gasteiger partial charge < -0.3 is 14.2 Å². The first-order valence-corrected chi connectivity index (χ1v) is 31.5. The van der Waals surface area contributed by atoms with Crippen molar-refractivity contribution in [3.05, 3.63) is 158 Å². The van der Waals surface area contributed by atoms with Gasteiger partial charge in [-0.1, -0.05) is 262 Å². The van der Waals surface area contributed by atoms with E-state index in [-0.39, 0.29) is 37.5 Å². The summed E-state index contributed by atoms with van der Waals surface area (Å²) in [6.07, 6.45) is 93.9. The molecule has 0 saturated heterocycles. The Balaban J connectivity index is 4.40. The predicted octanol–water partition coefficient (Wildman–Crippen LogP) is 21.7. The highest BCUT2D eigenvalue weighted by atomic mass is 16.6. The predicted molar refractivity (Wildman–Crippen MR) is 338 cm³/mol. The highest BCUT2D eigenvalue weighted by molar-refractivity contribution is 5.71. The number of unbranched alkanes of at least 4 members (excludes halogenated alkanes) is 18. The molecule has 1 atom stereocenters. The van der Waals surface area contributed by atoms with Crippen LogP contribution in [0.5, 0.6) is 0 Å². The largest absolute Gasteiger partial charge is 0.462 e. The monoisotopic (exact) mass is 1070 g/mol. The smallest absolute Gasteiger partial charge is 0.306 e. The number of rotatable bonds is 55. The molecule has 0 spiro atoms. The van der Waals surface area contributed by atoms with Crippen molar-refractivity contribution in [3.8, 4) is 0 Å². The van der Waals surface area contributed by atoms with Crippen molar-refractivity contribution in [2.75, 3.05) is 13.2 Å². The van der Waals surface area contributed by atoms with Crippen LogP contribution in [0.1, 0.15) is 258 Å². The molecule has 0 aliphatic carbocycles. The maximum absolute atomic E-state index is 12.9. The van der Waals surface area contributed by atoms with Crippen LogP contribution in [0, 0.1) is 0 Å². The van der Waals surface area contributed by atoms with Crippen LogP contribution in [0.25, 0.3) is 0 Å². The first kappa shape index (κ1) is 73.0. The summed E-state index contributed by atoms with van der Waals surface area (Å²) in [6, 6.07) is 0. The van der Waals surface area contributed by atoms with Gasteiger partial charge in [0, 0.05) is 19.3 Å². The van der Waals surface area contributed by atoms with Gasteiger partial charge in [0.15, 0.2) is 6.10 Å². The van der Waals surface area contributed by atoms with E-state index < -0.39 is 6.10 Å². The first-order chi connectivity index (χ1) is 38.5. The molecule has 0 rings (SSSR count). The topological polar surface area (TPSA) is 78.9 Å². The summed E-state index contributed by atoms with van der Waals surface area (Å²) >= 11 is 0. The van der Waals surface area contributed by atoms with Crippen molar-refractivity contribution < 1.29 is 28.6 Å². The van der Waals surface area contributed by atoms with Gasteiger partial charge in [0.25, 0.3) is 0 Å². The van der Waals surface area contributed by atoms with Crippen molar-refractivity contribution >= 4 is 17.9 Å². The summed E-state index contributed by atoms with van der Waals surface area (Å²) in [5.74, 6) is -0.995. The average molecular weight is 1080 g/mol. The Morgan fingerprint density at radius 2 is 0.513 bits per heavy atom. The Morgan fingerprint density at radius 1 is 0.269 bits per heavy atom. The zero-order valence-electron chi connectivity index (χ0n) is 50.1. The zero-order chi connectivity index (χ0) is 56.4. The van der Waals surface area contributed by atoms with Gasteiger partial charge in [0.2, 0.25) is 0 Å². The fourth-order valence-electron chi connectivity index (χ4n) is 8.09. The van der Waals surface area contributed by atoms with Crippen molar-refractivity contribution in [2.24, 2.45) is 0 Å². The van der Waals surface area contributed by atoms with Gasteiger partial charge in [-0.2, -0.15) is 0 Å². The maximum atomic E-state index is 12.9. The Bertz CT molecular complexity index is 1760. The third-order valence-electron chi connectivity index (χ3n) is 12.7. The quantitative estimate of drug-likeness (QED) is 0.0261. The minimum Gasteiger partial charge on any atom is -0.462 e. The Labute approximate surface area is 480 Å². The first-order valence-electron chi connectivity index (χ1n) is 31.5. The molecule has 438 valence electrons. The summed E-state index contributed by atoms with van der Waals surface area (Å²) in [4.78, 5) is 38.3. The van der Waals surface area contributed by atoms with E-state index in [0.717, 1.165) is 148 Å². The van der Waals surface area contributed by atoms with Crippen LogP contribution in [0.15, 0.2) is 158 Å². The van der Waals surface area contributed by atoms with Gasteiger partial charge in [-0.05, 0) is 135 Å². The van der Waals surface area contributed by atoms with Gasteiger partial charge in [-0.3, -0.25) is 14.4 Å². The minimum atomic E-state index is -0.823. The molecule has 0 radical (unpaired) electrons. The Hall–Kier alpha value is -4.97. The minimum absolute atomic E-state index is 0.113. The molecule has 0 amide bonds. The molecule has 0 fully saturated rings. The van der Waals surface area contributed by atoms with Gasteiger partial charge in [0.1, 0.15) is 13.2 Å². The summed E-state index contributed by atoms with van der Waals surface area (Å²) < 4.78 is 16.8. The Morgan fingerprint density at radius 3 is 0.821 bits per heavy atom. The fraction of sp³-hybridized carbons (Fsp3) is 0.597. The second-order valence-electron chi connectivity index (χ2n) is 20.2. The number of ether oxygens (including phenoxy) is 3. The van der Waals surface area contributed by atoms with E-state index in [1.165, 1.54) is 64.2 Å². The molecule has 6 heteroatoms. The molecule has 0 aromatic rings. The summed E-state index contributed by atoms with van der Waals surface area (Å²) in [6.45, 7) is 6.30. The molecule has 0 aromatic heterocycles. The number of carbonyl (C=O) groups excluding carboxylic acids is 3. The standard InChI is InChI=1S/C72H114O6/c1-4-7-10-13-16-19-22-25-28-30-31-32-33-34-35-36-37-38-39-40-41-43-44-47-50-53-56-59-62-65-71(74)77-68-69(67-76-70(73)64-61-58-55-52-49-46-27-24-21-18-15-12-9-6-3)78-72(75)66-63-60-57-54-51-48-45-42-29-26-23-20-17-14-11-8-5-2/h7-8,10-11,15-20,24-29,31-32,34-35,37-38,45,48,54,57,69H,4-6,9,12-14,21-23,30,33,36,39-44,46-47,49-53,55-56,58-68H2,1-3H3/b10-7-,11-8-,18-15-,19-16-,20-17-,27-24-,28-25-,29-26-,32-31-,35-34-,38-37-,48-45-,57-54-. The molecule has 78 heavy (non-hydrogen) atoms. The van der Waals surface area contributed by atoms with E-state index in [1.807, 2.05) is 0 Å². The van der Waals surface area contributed by atoms with Crippen molar-refractivity contribution in [3.63, 3.8) is 0 Å². The lowest BCUT2D eigenvalue weighted by molar-refractivity contribution is -0.167. The van der Waals surface area contributed by atoms with E-state index in [2.05, 4.69) is 179 Å². The zero-order valence-corrected chi connectivity index (χ0v) is 50.1. The van der Waals surface area contributed by atoms with Gasteiger partial charge in [-0.15, -0.1) is 0 Å². The van der Waals surface area contributed by atoms with E-state index in [4.69, 9.17) is 14.2 Å². The van der Waals surface area contributed by atoms with E-state index in [1.54, 1.807) is 0 Å². The second-order valence-corrected chi connectivity index (χ2v) is 20.2. The summed E-state index contributed by atoms with van der Waals surface area (Å²) in [5.41, 5.74) is 0. The normalized spacial score (nSPS) is 13.2. The molecule has 1 unspecified atom stereocenters. The number of hydrogen-bond acceptors (Lipinski definition) is 6. The molecule has 6 nitrogen and oxygen atoms in total. The van der Waals surface area contributed by atoms with Crippen molar-refractivity contribution in [2.45, 2.75) is 264 Å². The van der Waals surface area contributed by atoms with Crippen molar-refractivity contribution in [1.29, 1.82) is 0 Å². The molecule has 0 heterocycles. The second kappa shape index (κ2) is 64.6. The highest BCUT2D eigenvalue weighted by Crippen LogP contribution is 2.14. The average Bonchev–Trinajstić information content (AvgIpc) is 3.44. The number of hydrogen-bond donors (Lipinski definition) is 0. The number of allylic oxidation sites excluding steroid dienone is 26. The molecule has 0 N–H and O–H groups in total. The lowest BCUT2D eigenvalue weighted by Gasteiger charge is -2.18. The van der Waals surface area contributed by atoms with Gasteiger partial charge in [0.05, 0.1) is 0 Å². The summed E-state index contributed by atoms with van der Waals surface area (Å²) in [7, 11) is 0. The molecule has 0 bridgehead atoms. The number of esters is 3. The van der Waals surface area contributed by atoms with Gasteiger partial charge >= 0.3 is 17.9 Å². The molecule has 0 aromatic carbocycles. The summed E-state index contributed by atoms with van der Waals surface area (Å²) in [5, 5.41) is 0. The molecular formula is C72H114O6. The van der Waals surface area contributed by atoms with Gasteiger partial charge in [-0.25, -0.2) is 0 Å². The molecular weight excluding hydrogens is 961 g/mol. The van der Waals surface area contributed by atoms with Crippen molar-refractivity contribution in [1.82, 2.24) is 0 Å². The fourth-order valence-corrected chi connectivity index (χ4v) is 8.09. The third-order valence-corrected chi connectivity index (χ3v) is 12.7. The van der Waals surface area contributed by atoms with Crippen LogP contribution in [0.3, 0.4) is 0 Å². The maximum Gasteiger partial charge on any atom is 0.306 e. The van der Waals surface area contributed by atoms with Crippen LogP contribution >= 0.6 is 0 Å².